The first-order valence-electron chi connectivity index (χ1n) is 5.69. The summed E-state index contributed by atoms with van der Waals surface area (Å²) in [4.78, 5) is 29.2. The highest BCUT2D eigenvalue weighted by molar-refractivity contribution is 5.82. The van der Waals surface area contributed by atoms with Gasteiger partial charge >= 0.3 is 11.7 Å². The van der Waals surface area contributed by atoms with Crippen molar-refractivity contribution in [1.82, 2.24) is 9.97 Å². The molecule has 1 aromatic heterocycles. The molecule has 0 aromatic carbocycles. The van der Waals surface area contributed by atoms with Crippen molar-refractivity contribution in [2.45, 2.75) is 32.6 Å². The van der Waals surface area contributed by atoms with Crippen molar-refractivity contribution in [3.63, 3.8) is 0 Å². The molecule has 0 aliphatic rings. The van der Waals surface area contributed by atoms with E-state index in [1.54, 1.807) is 0 Å². The summed E-state index contributed by atoms with van der Waals surface area (Å²) in [7, 11) is 0. The Kier molecular flexibility index (Phi) is 4.03. The zero-order valence-electron chi connectivity index (χ0n) is 11.0. The summed E-state index contributed by atoms with van der Waals surface area (Å²) >= 11 is 0. The van der Waals surface area contributed by atoms with Crippen LogP contribution in [0.2, 0.25) is 0 Å². The number of carboxylic acid groups (broad SMARTS) is 1. The second-order valence-corrected chi connectivity index (χ2v) is 4.95. The molecular weight excluding hydrogens is 252 g/mol. The van der Waals surface area contributed by atoms with Gasteiger partial charge in [-0.05, 0) is 19.3 Å². The summed E-state index contributed by atoms with van der Waals surface area (Å²) in [5.41, 5.74) is 3.29. The van der Waals surface area contributed by atoms with E-state index in [1.165, 1.54) is 6.92 Å². The lowest BCUT2D eigenvalue weighted by atomic mass is 9.78. The third-order valence-corrected chi connectivity index (χ3v) is 2.84. The van der Waals surface area contributed by atoms with Crippen molar-refractivity contribution in [2.75, 3.05) is 5.73 Å². The van der Waals surface area contributed by atoms with Gasteiger partial charge in [-0.25, -0.2) is 9.97 Å². The molecular formula is C11H16N4O4. The third kappa shape index (κ3) is 2.78. The van der Waals surface area contributed by atoms with E-state index in [0.29, 0.717) is 0 Å². The van der Waals surface area contributed by atoms with Crippen molar-refractivity contribution in [3.05, 3.63) is 22.1 Å². The van der Waals surface area contributed by atoms with Gasteiger partial charge in [-0.2, -0.15) is 0 Å². The molecule has 0 saturated heterocycles. The second kappa shape index (κ2) is 5.17. The van der Waals surface area contributed by atoms with Gasteiger partial charge in [0.2, 0.25) is 5.82 Å². The highest BCUT2D eigenvalue weighted by Gasteiger charge is 2.43. The van der Waals surface area contributed by atoms with Crippen LogP contribution in [-0.2, 0) is 10.2 Å². The van der Waals surface area contributed by atoms with Crippen molar-refractivity contribution < 1.29 is 14.8 Å². The summed E-state index contributed by atoms with van der Waals surface area (Å²) in [6.07, 6.45) is 1.25. The first kappa shape index (κ1) is 14.8. The lowest BCUT2D eigenvalue weighted by Crippen LogP contribution is -2.36. The van der Waals surface area contributed by atoms with Crippen LogP contribution in [0.4, 0.5) is 11.5 Å². The molecule has 0 amide bonds. The van der Waals surface area contributed by atoms with Crippen molar-refractivity contribution in [1.29, 1.82) is 0 Å². The smallest absolute Gasteiger partial charge is 0.333 e. The number of carboxylic acids is 1. The van der Waals surface area contributed by atoms with Crippen LogP contribution in [0.15, 0.2) is 6.33 Å². The first-order chi connectivity index (χ1) is 8.70. The fraction of sp³-hybridized carbons (Fsp3) is 0.545. The van der Waals surface area contributed by atoms with Gasteiger partial charge in [0.1, 0.15) is 17.4 Å². The number of hydrogen-bond acceptors (Lipinski definition) is 6. The molecule has 3 N–H and O–H groups in total. The summed E-state index contributed by atoms with van der Waals surface area (Å²) in [5.74, 6) is -1.48. The average molecular weight is 268 g/mol. The maximum atomic E-state index is 11.5. The van der Waals surface area contributed by atoms with Crippen LogP contribution < -0.4 is 5.73 Å². The van der Waals surface area contributed by atoms with Crippen LogP contribution in [0.3, 0.4) is 0 Å². The molecule has 104 valence electrons. The molecule has 0 radical (unpaired) electrons. The fourth-order valence-electron chi connectivity index (χ4n) is 2.08. The lowest BCUT2D eigenvalue weighted by Gasteiger charge is -2.25. The van der Waals surface area contributed by atoms with E-state index in [1.807, 2.05) is 13.8 Å². The summed E-state index contributed by atoms with van der Waals surface area (Å²) in [6.45, 7) is 5.07. The van der Waals surface area contributed by atoms with Crippen molar-refractivity contribution in [3.8, 4) is 0 Å². The molecule has 19 heavy (non-hydrogen) atoms. The molecule has 1 unspecified atom stereocenters. The Morgan fingerprint density at radius 1 is 1.58 bits per heavy atom. The monoisotopic (exact) mass is 268 g/mol. The molecule has 0 spiro atoms. The minimum Gasteiger partial charge on any atom is -0.481 e. The zero-order valence-corrected chi connectivity index (χ0v) is 11.0. The number of carbonyl (C=O) groups is 1. The first-order valence-corrected chi connectivity index (χ1v) is 5.69. The number of anilines is 1. The number of nitrogens with two attached hydrogens (primary N) is 1. The maximum absolute atomic E-state index is 11.5. The Bertz CT molecular complexity index is 517. The molecule has 1 heterocycles. The standard InChI is InChI=1S/C11H16N4O4/c1-6(2)4-11(3,10(16)17)8-7(15(18)19)9(12)14-5-13-8/h5-6H,4H2,1-3H3,(H,16,17)(H2,12,13,14). The van der Waals surface area contributed by atoms with Crippen molar-refractivity contribution in [2.24, 2.45) is 5.92 Å². The average Bonchev–Trinajstić information content (AvgIpc) is 2.26. The minimum atomic E-state index is -1.48. The Morgan fingerprint density at radius 3 is 2.58 bits per heavy atom. The molecule has 0 aliphatic carbocycles. The van der Waals surface area contributed by atoms with Gasteiger partial charge < -0.3 is 10.8 Å². The molecule has 0 saturated carbocycles. The highest BCUT2D eigenvalue weighted by atomic mass is 16.6. The maximum Gasteiger partial charge on any atom is 0.333 e. The number of rotatable bonds is 5. The highest BCUT2D eigenvalue weighted by Crippen LogP contribution is 2.37. The van der Waals surface area contributed by atoms with Gasteiger partial charge in [-0.1, -0.05) is 13.8 Å². The third-order valence-electron chi connectivity index (χ3n) is 2.84. The van der Waals surface area contributed by atoms with Crippen LogP contribution in [0, 0.1) is 16.0 Å². The molecule has 8 nitrogen and oxygen atoms in total. The Labute approximate surface area is 109 Å². The van der Waals surface area contributed by atoms with Crippen LogP contribution >= 0.6 is 0 Å². The molecule has 1 rings (SSSR count). The predicted octanol–water partition coefficient (Wildman–Crippen LogP) is 1.36. The summed E-state index contributed by atoms with van der Waals surface area (Å²) in [5, 5.41) is 20.5. The molecule has 1 atom stereocenters. The van der Waals surface area contributed by atoms with E-state index >= 15 is 0 Å². The van der Waals surface area contributed by atoms with E-state index < -0.39 is 22.0 Å². The number of nitrogens with zero attached hydrogens (tertiary/aromatic N) is 3. The zero-order chi connectivity index (χ0) is 14.8. The van der Waals surface area contributed by atoms with Crippen LogP contribution in [0.1, 0.15) is 32.9 Å². The largest absolute Gasteiger partial charge is 0.481 e. The molecule has 0 bridgehead atoms. The number of nitro groups is 1. The van der Waals surface area contributed by atoms with E-state index in [-0.39, 0.29) is 23.9 Å². The van der Waals surface area contributed by atoms with Gasteiger partial charge in [0, 0.05) is 0 Å². The molecule has 8 heteroatoms. The number of aromatic nitrogens is 2. The molecule has 0 aliphatic heterocycles. The normalized spacial score (nSPS) is 14.1. The van der Waals surface area contributed by atoms with E-state index in [9.17, 15) is 20.0 Å². The predicted molar refractivity (Wildman–Crippen MR) is 67.5 cm³/mol. The SMILES string of the molecule is CC(C)CC(C)(C(=O)O)c1ncnc(N)c1[N+](=O)[O-]. The van der Waals surface area contributed by atoms with Gasteiger partial charge in [0.15, 0.2) is 0 Å². The number of aliphatic carboxylic acids is 1. The quantitative estimate of drug-likeness (QED) is 0.608. The van der Waals surface area contributed by atoms with Crippen LogP contribution in [0.5, 0.6) is 0 Å². The van der Waals surface area contributed by atoms with E-state index in [0.717, 1.165) is 6.33 Å². The second-order valence-electron chi connectivity index (χ2n) is 4.95. The van der Waals surface area contributed by atoms with Crippen LogP contribution in [-0.4, -0.2) is 26.0 Å². The molecule has 1 aromatic rings. The number of hydrogen-bond donors (Lipinski definition) is 2. The van der Waals surface area contributed by atoms with Crippen LogP contribution in [0.25, 0.3) is 0 Å². The fourth-order valence-corrected chi connectivity index (χ4v) is 2.08. The Balaban J connectivity index is 3.52. The van der Waals surface area contributed by atoms with Gasteiger partial charge in [0.25, 0.3) is 0 Å². The topological polar surface area (TPSA) is 132 Å². The van der Waals surface area contributed by atoms with Gasteiger partial charge in [0.05, 0.1) is 4.92 Å². The van der Waals surface area contributed by atoms with E-state index in [4.69, 9.17) is 5.73 Å². The minimum absolute atomic E-state index is 0.0249. The Morgan fingerprint density at radius 2 is 2.16 bits per heavy atom. The number of nitrogen functional groups attached to an aromatic ring is 1. The van der Waals surface area contributed by atoms with Gasteiger partial charge in [-0.3, -0.25) is 14.9 Å². The lowest BCUT2D eigenvalue weighted by molar-refractivity contribution is -0.385. The van der Waals surface area contributed by atoms with Gasteiger partial charge in [-0.15, -0.1) is 0 Å². The molecule has 0 fully saturated rings. The van der Waals surface area contributed by atoms with Crippen molar-refractivity contribution >= 4 is 17.5 Å². The van der Waals surface area contributed by atoms with E-state index in [2.05, 4.69) is 9.97 Å². The summed E-state index contributed by atoms with van der Waals surface area (Å²) < 4.78 is 0. The summed E-state index contributed by atoms with van der Waals surface area (Å²) in [6, 6.07) is 0. The Hall–Kier alpha value is -2.25.